The molecule has 0 unspecified atom stereocenters. The minimum absolute atomic E-state index is 0.0823. The fraction of sp³-hybridized carbons (Fsp3) is 0.231. The first kappa shape index (κ1) is 24.0. The fourth-order valence-electron chi connectivity index (χ4n) is 3.59. The molecule has 0 saturated heterocycles. The lowest BCUT2D eigenvalue weighted by atomic mass is 9.95. The number of Topliss-reactive ketones (excluding diaryl/α,β-unsaturated/α-hetero) is 1. The van der Waals surface area contributed by atoms with E-state index in [-0.39, 0.29) is 41.7 Å². The zero-order chi connectivity index (χ0) is 25.1. The number of carbonyl (C=O) groups excluding carboxylic acids is 2. The van der Waals surface area contributed by atoms with Gasteiger partial charge in [0.25, 0.3) is 0 Å². The van der Waals surface area contributed by atoms with Gasteiger partial charge >= 0.3 is 6.18 Å². The molecule has 0 atom stereocenters. The lowest BCUT2D eigenvalue weighted by Crippen LogP contribution is -2.33. The number of carbonyl (C=O) groups is 2. The van der Waals surface area contributed by atoms with Crippen molar-refractivity contribution in [1.82, 2.24) is 15.3 Å². The van der Waals surface area contributed by atoms with Crippen LogP contribution in [0.1, 0.15) is 46.3 Å². The van der Waals surface area contributed by atoms with Crippen LogP contribution in [0.5, 0.6) is 11.5 Å². The molecule has 4 rings (SSSR count). The average Bonchev–Trinajstić information content (AvgIpc) is 3.64. The van der Waals surface area contributed by atoms with E-state index < -0.39 is 17.2 Å². The molecule has 3 aromatic rings. The van der Waals surface area contributed by atoms with Crippen LogP contribution in [0.3, 0.4) is 0 Å². The topological polar surface area (TPSA) is 81.2 Å². The van der Waals surface area contributed by atoms with Crippen LogP contribution >= 0.6 is 0 Å². The van der Waals surface area contributed by atoms with Gasteiger partial charge in [0.2, 0.25) is 5.91 Å². The molecule has 1 heterocycles. The first-order valence-corrected chi connectivity index (χ1v) is 10.7. The summed E-state index contributed by atoms with van der Waals surface area (Å²) in [7, 11) is 0. The maximum absolute atomic E-state index is 13.4. The van der Waals surface area contributed by atoms with Gasteiger partial charge in [-0.25, -0.2) is 9.97 Å². The van der Waals surface area contributed by atoms with Crippen molar-refractivity contribution in [1.29, 1.82) is 0 Å². The zero-order valence-electron chi connectivity index (χ0n) is 18.4. The Morgan fingerprint density at radius 1 is 1.09 bits per heavy atom. The summed E-state index contributed by atoms with van der Waals surface area (Å²) in [6.07, 6.45) is 6.07. The molecule has 9 heteroatoms. The summed E-state index contributed by atoms with van der Waals surface area (Å²) in [6, 6.07) is 9.74. The van der Waals surface area contributed by atoms with Crippen LogP contribution in [-0.2, 0) is 17.5 Å². The van der Waals surface area contributed by atoms with Crippen LogP contribution in [0.15, 0.2) is 61.2 Å². The molecule has 1 saturated carbocycles. The van der Waals surface area contributed by atoms with Crippen LogP contribution in [0.25, 0.3) is 0 Å². The smallest absolute Gasteiger partial charge is 0.420 e. The van der Waals surface area contributed by atoms with Gasteiger partial charge in [-0.05, 0) is 48.7 Å². The van der Waals surface area contributed by atoms with Crippen molar-refractivity contribution in [3.05, 3.63) is 83.4 Å². The summed E-state index contributed by atoms with van der Waals surface area (Å²) >= 11 is 0. The number of nitrogens with one attached hydrogen (secondary N) is 1. The average molecular weight is 479 g/mol. The van der Waals surface area contributed by atoms with Gasteiger partial charge in [0.1, 0.15) is 17.8 Å². The molecule has 1 N–H and O–H groups in total. The van der Waals surface area contributed by atoms with E-state index in [0.29, 0.717) is 18.4 Å². The Morgan fingerprint density at radius 2 is 1.77 bits per heavy atom. The highest BCUT2D eigenvalue weighted by atomic mass is 19.4. The number of ketones is 1. The second kappa shape index (κ2) is 9.58. The van der Waals surface area contributed by atoms with Crippen LogP contribution in [0, 0.1) is 17.8 Å². The molecule has 35 heavy (non-hydrogen) atoms. The molecular weight excluding hydrogens is 459 g/mol. The van der Waals surface area contributed by atoms with Crippen molar-refractivity contribution in [3.63, 3.8) is 0 Å². The SMILES string of the molecule is C#Cc1ccc(Oc2ccc(CNC(=O)C3(CC(=O)c4cncnc4)CC3)cc2)c(C(F)(F)F)c1. The van der Waals surface area contributed by atoms with Gasteiger partial charge in [-0.3, -0.25) is 9.59 Å². The van der Waals surface area contributed by atoms with Crippen LogP contribution < -0.4 is 10.1 Å². The van der Waals surface area contributed by atoms with Crippen molar-refractivity contribution in [2.45, 2.75) is 32.0 Å². The van der Waals surface area contributed by atoms with E-state index in [0.717, 1.165) is 11.6 Å². The Kier molecular flexibility index (Phi) is 6.56. The van der Waals surface area contributed by atoms with Crippen molar-refractivity contribution in [3.8, 4) is 23.8 Å². The van der Waals surface area contributed by atoms with E-state index in [1.165, 1.54) is 43.0 Å². The number of alkyl halides is 3. The minimum Gasteiger partial charge on any atom is -0.457 e. The number of aromatic nitrogens is 2. The van der Waals surface area contributed by atoms with Gasteiger partial charge in [0.05, 0.1) is 16.5 Å². The minimum atomic E-state index is -4.62. The number of halogens is 3. The van der Waals surface area contributed by atoms with Crippen molar-refractivity contribution < 1.29 is 27.5 Å². The molecule has 1 aliphatic rings. The predicted molar refractivity (Wildman–Crippen MR) is 120 cm³/mol. The van der Waals surface area contributed by atoms with Crippen molar-refractivity contribution in [2.24, 2.45) is 5.41 Å². The number of rotatable bonds is 8. The second-order valence-electron chi connectivity index (χ2n) is 8.29. The number of nitrogens with zero attached hydrogens (tertiary/aromatic N) is 2. The molecule has 0 radical (unpaired) electrons. The quantitative estimate of drug-likeness (QED) is 0.366. The van der Waals surface area contributed by atoms with Gasteiger partial charge in [0.15, 0.2) is 5.78 Å². The second-order valence-corrected chi connectivity index (χ2v) is 8.29. The molecule has 2 aromatic carbocycles. The van der Waals surface area contributed by atoms with E-state index in [4.69, 9.17) is 11.2 Å². The maximum atomic E-state index is 13.4. The van der Waals surface area contributed by atoms with Gasteiger partial charge in [-0.2, -0.15) is 13.2 Å². The number of hydrogen-bond donors (Lipinski definition) is 1. The molecule has 1 aromatic heterocycles. The number of hydrogen-bond acceptors (Lipinski definition) is 5. The molecule has 6 nitrogen and oxygen atoms in total. The molecule has 0 spiro atoms. The van der Waals surface area contributed by atoms with Gasteiger partial charge in [-0.15, -0.1) is 6.42 Å². The molecule has 1 fully saturated rings. The van der Waals surface area contributed by atoms with E-state index in [1.54, 1.807) is 12.1 Å². The van der Waals surface area contributed by atoms with E-state index in [2.05, 4.69) is 21.2 Å². The van der Waals surface area contributed by atoms with E-state index in [1.807, 2.05) is 0 Å². The summed E-state index contributed by atoms with van der Waals surface area (Å²) in [5.41, 5.74) is -0.499. The third kappa shape index (κ3) is 5.66. The lowest BCUT2D eigenvalue weighted by Gasteiger charge is -2.15. The van der Waals surface area contributed by atoms with Crippen molar-refractivity contribution >= 4 is 11.7 Å². The summed E-state index contributed by atoms with van der Waals surface area (Å²) in [5.74, 6) is 1.62. The normalized spacial score (nSPS) is 14.0. The Bertz CT molecular complexity index is 1280. The third-order valence-electron chi connectivity index (χ3n) is 5.77. The van der Waals surface area contributed by atoms with Crippen LogP contribution in [0.4, 0.5) is 13.2 Å². The number of ether oxygens (including phenoxy) is 1. The fourth-order valence-corrected chi connectivity index (χ4v) is 3.59. The summed E-state index contributed by atoms with van der Waals surface area (Å²) < 4.78 is 45.5. The molecule has 1 aliphatic carbocycles. The van der Waals surface area contributed by atoms with Crippen LogP contribution in [0.2, 0.25) is 0 Å². The maximum Gasteiger partial charge on any atom is 0.420 e. The molecule has 1 amide bonds. The zero-order valence-corrected chi connectivity index (χ0v) is 18.4. The van der Waals surface area contributed by atoms with Gasteiger partial charge in [0, 0.05) is 30.9 Å². The highest BCUT2D eigenvalue weighted by Gasteiger charge is 2.51. The Balaban J connectivity index is 1.36. The first-order valence-electron chi connectivity index (χ1n) is 10.7. The highest BCUT2D eigenvalue weighted by Crippen LogP contribution is 2.49. The number of terminal acetylenes is 1. The molecule has 0 aliphatic heterocycles. The number of amides is 1. The summed E-state index contributed by atoms with van der Waals surface area (Å²) in [4.78, 5) is 32.8. The first-order chi connectivity index (χ1) is 16.7. The predicted octanol–water partition coefficient (Wildman–Crippen LogP) is 4.94. The summed E-state index contributed by atoms with van der Waals surface area (Å²) in [6.45, 7) is 0.203. The van der Waals surface area contributed by atoms with Crippen LogP contribution in [-0.4, -0.2) is 21.7 Å². The Hall–Kier alpha value is -4.19. The third-order valence-corrected chi connectivity index (χ3v) is 5.77. The molecule has 178 valence electrons. The lowest BCUT2D eigenvalue weighted by molar-refractivity contribution is -0.138. The van der Waals surface area contributed by atoms with E-state index >= 15 is 0 Å². The number of benzene rings is 2. The largest absolute Gasteiger partial charge is 0.457 e. The van der Waals surface area contributed by atoms with Gasteiger partial charge < -0.3 is 10.1 Å². The Morgan fingerprint density at radius 3 is 2.37 bits per heavy atom. The van der Waals surface area contributed by atoms with E-state index in [9.17, 15) is 22.8 Å². The standard InChI is InChI=1S/C26H20F3N3O3/c1-2-17-5-8-23(21(11-17)26(27,28)29)35-20-6-3-18(4-7-20)13-32-24(34)25(9-10-25)12-22(33)19-14-30-16-31-15-19/h1,3-8,11,14-16H,9-10,12-13H2,(H,32,34). The molecule has 0 bridgehead atoms. The Labute approximate surface area is 199 Å². The van der Waals surface area contributed by atoms with Gasteiger partial charge in [-0.1, -0.05) is 18.1 Å². The van der Waals surface area contributed by atoms with Crippen molar-refractivity contribution in [2.75, 3.05) is 0 Å². The highest BCUT2D eigenvalue weighted by molar-refractivity contribution is 6.00. The monoisotopic (exact) mass is 479 g/mol. The summed E-state index contributed by atoms with van der Waals surface area (Å²) in [5, 5.41) is 2.84. The molecular formula is C26H20F3N3O3.